The van der Waals surface area contributed by atoms with E-state index >= 15 is 0 Å². The molecule has 3 heteroatoms. The second-order valence-corrected chi connectivity index (χ2v) is 3.75. The highest BCUT2D eigenvalue weighted by Crippen LogP contribution is 2.09. The summed E-state index contributed by atoms with van der Waals surface area (Å²) in [6.07, 6.45) is 6.99. The van der Waals surface area contributed by atoms with Crippen LogP contribution in [0.2, 0.25) is 0 Å². The molecule has 0 aromatic carbocycles. The lowest BCUT2D eigenvalue weighted by Crippen LogP contribution is -1.66. The van der Waals surface area contributed by atoms with Gasteiger partial charge in [0.05, 0.1) is 5.88 Å². The fraction of sp³-hybridized carbons (Fsp3) is 0.500. The third kappa shape index (κ3) is 8.49. The van der Waals surface area contributed by atoms with Gasteiger partial charge >= 0.3 is 0 Å². The van der Waals surface area contributed by atoms with Crippen LogP contribution in [-0.2, 0) is 0 Å². The molecule has 0 aliphatic heterocycles. The van der Waals surface area contributed by atoms with E-state index in [-0.39, 0.29) is 0 Å². The van der Waals surface area contributed by atoms with E-state index in [1.807, 2.05) is 12.3 Å². The Balaban J connectivity index is 3.13. The molecule has 0 heterocycles. The van der Waals surface area contributed by atoms with Crippen molar-refractivity contribution < 1.29 is 0 Å². The maximum absolute atomic E-state index is 4.07. The lowest BCUT2D eigenvalue weighted by molar-refractivity contribution is 1.23. The molecule has 0 saturated carbocycles. The zero-order chi connectivity index (χ0) is 6.95. The third-order valence-corrected chi connectivity index (χ3v) is 1.77. The Morgan fingerprint density at radius 2 is 2.44 bits per heavy atom. The summed E-state index contributed by atoms with van der Waals surface area (Å²) in [5.74, 6) is 0.856. The molecule has 0 fully saturated rings. The zero-order valence-electron chi connectivity index (χ0n) is 5.38. The van der Waals surface area contributed by atoms with Gasteiger partial charge < -0.3 is 0 Å². The van der Waals surface area contributed by atoms with Crippen molar-refractivity contribution in [3.8, 4) is 0 Å². The van der Waals surface area contributed by atoms with Gasteiger partial charge in [0.25, 0.3) is 0 Å². The van der Waals surface area contributed by atoms with Crippen LogP contribution >= 0.6 is 30.1 Å². The minimum atomic E-state index is 0.856. The van der Waals surface area contributed by atoms with Crippen molar-refractivity contribution in [2.45, 2.75) is 13.3 Å². The summed E-state index contributed by atoms with van der Waals surface area (Å²) < 4.78 is 0. The number of hydrogen-bond donors (Lipinski definition) is 0. The van der Waals surface area contributed by atoms with E-state index in [0.29, 0.717) is 0 Å². The van der Waals surface area contributed by atoms with Crippen LogP contribution in [0.3, 0.4) is 0 Å². The van der Waals surface area contributed by atoms with E-state index in [4.69, 9.17) is 0 Å². The van der Waals surface area contributed by atoms with Crippen LogP contribution in [0.5, 0.6) is 0 Å². The summed E-state index contributed by atoms with van der Waals surface area (Å²) in [6.45, 7) is 2.11. The summed E-state index contributed by atoms with van der Waals surface area (Å²) >= 11 is 2.23. The summed E-state index contributed by atoms with van der Waals surface area (Å²) in [4.78, 5) is 4.07. The predicted octanol–water partition coefficient (Wildman–Crippen LogP) is 3.06. The first-order valence-electron chi connectivity index (χ1n) is 2.80. The van der Waals surface area contributed by atoms with Gasteiger partial charge in [-0.3, -0.25) is 4.99 Å². The zero-order valence-corrected chi connectivity index (χ0v) is 8.35. The van der Waals surface area contributed by atoms with Crippen LogP contribution in [-0.4, -0.2) is 12.1 Å². The quantitative estimate of drug-likeness (QED) is 0.555. The van der Waals surface area contributed by atoms with E-state index in [1.165, 1.54) is 0 Å². The first kappa shape index (κ1) is 9.49. The average Bonchev–Trinajstić information content (AvgIpc) is 1.89. The molecular formula is C6H10INS. The molecule has 0 saturated heterocycles. The standard InChI is InChI=1S/C6H10INS/c1-2-3-4-5-8-6-9-7/h3-5H,2,6H2,1H3/b4-3-,8-5-. The number of halogens is 1. The molecule has 52 valence electrons. The Labute approximate surface area is 72.6 Å². The number of hydrogen-bond acceptors (Lipinski definition) is 2. The van der Waals surface area contributed by atoms with Crippen LogP contribution in [0.25, 0.3) is 0 Å². The minimum Gasteiger partial charge on any atom is -0.282 e. The molecule has 0 aliphatic rings. The van der Waals surface area contributed by atoms with E-state index in [9.17, 15) is 0 Å². The fourth-order valence-electron chi connectivity index (χ4n) is 0.329. The highest BCUT2D eigenvalue weighted by atomic mass is 127. The molecule has 0 spiro atoms. The first-order valence-corrected chi connectivity index (χ1v) is 6.33. The predicted molar refractivity (Wildman–Crippen MR) is 54.4 cm³/mol. The summed E-state index contributed by atoms with van der Waals surface area (Å²) in [5.41, 5.74) is 0. The molecule has 0 unspecified atom stereocenters. The second kappa shape index (κ2) is 8.49. The van der Waals surface area contributed by atoms with E-state index in [2.05, 4.69) is 39.2 Å². The van der Waals surface area contributed by atoms with Gasteiger partial charge in [0.15, 0.2) is 0 Å². The van der Waals surface area contributed by atoms with Gasteiger partial charge in [0.1, 0.15) is 0 Å². The summed E-state index contributed by atoms with van der Waals surface area (Å²) in [5, 5.41) is 0. The van der Waals surface area contributed by atoms with Gasteiger partial charge in [-0.05, 0) is 33.7 Å². The number of nitrogens with zero attached hydrogens (tertiary/aromatic N) is 1. The van der Waals surface area contributed by atoms with Crippen molar-refractivity contribution in [3.63, 3.8) is 0 Å². The number of allylic oxidation sites excluding steroid dienone is 2. The average molecular weight is 255 g/mol. The van der Waals surface area contributed by atoms with Crippen LogP contribution in [0.4, 0.5) is 0 Å². The first-order chi connectivity index (χ1) is 4.41. The lowest BCUT2D eigenvalue weighted by atomic mass is 10.4. The molecule has 0 bridgehead atoms. The van der Waals surface area contributed by atoms with Gasteiger partial charge in [-0.1, -0.05) is 21.9 Å². The maximum Gasteiger partial charge on any atom is 0.0942 e. The van der Waals surface area contributed by atoms with E-state index < -0.39 is 0 Å². The molecule has 0 aliphatic carbocycles. The van der Waals surface area contributed by atoms with Crippen molar-refractivity contribution >= 4 is 36.4 Å². The van der Waals surface area contributed by atoms with Gasteiger partial charge in [0.2, 0.25) is 0 Å². The largest absolute Gasteiger partial charge is 0.282 e. The van der Waals surface area contributed by atoms with Crippen LogP contribution < -0.4 is 0 Å². The van der Waals surface area contributed by atoms with Gasteiger partial charge in [-0.2, -0.15) is 0 Å². The van der Waals surface area contributed by atoms with Gasteiger partial charge in [0, 0.05) is 6.21 Å². The fourth-order valence-corrected chi connectivity index (χ4v) is 0.954. The number of aliphatic imine (C=N–C) groups is 1. The molecule has 9 heavy (non-hydrogen) atoms. The van der Waals surface area contributed by atoms with Gasteiger partial charge in [-0.15, -0.1) is 0 Å². The van der Waals surface area contributed by atoms with Crippen LogP contribution in [0, 0.1) is 0 Å². The van der Waals surface area contributed by atoms with Gasteiger partial charge in [-0.25, -0.2) is 0 Å². The molecule has 0 atom stereocenters. The lowest BCUT2D eigenvalue weighted by Gasteiger charge is -1.79. The van der Waals surface area contributed by atoms with Crippen molar-refractivity contribution in [2.75, 3.05) is 5.88 Å². The maximum atomic E-state index is 4.07. The van der Waals surface area contributed by atoms with Crippen molar-refractivity contribution in [1.82, 2.24) is 0 Å². The Morgan fingerprint density at radius 3 is 3.00 bits per heavy atom. The number of rotatable bonds is 4. The van der Waals surface area contributed by atoms with Crippen molar-refractivity contribution in [1.29, 1.82) is 0 Å². The topological polar surface area (TPSA) is 12.4 Å². The molecule has 0 aromatic heterocycles. The third-order valence-electron chi connectivity index (χ3n) is 0.687. The Bertz CT molecular complexity index is 101. The van der Waals surface area contributed by atoms with E-state index in [1.54, 1.807) is 8.93 Å². The normalized spacial score (nSPS) is 11.8. The summed E-state index contributed by atoms with van der Waals surface area (Å²) in [6, 6.07) is 0. The Kier molecular flexibility index (Phi) is 8.95. The van der Waals surface area contributed by atoms with Crippen molar-refractivity contribution in [2.24, 2.45) is 4.99 Å². The molecule has 0 N–H and O–H groups in total. The van der Waals surface area contributed by atoms with Crippen molar-refractivity contribution in [3.05, 3.63) is 12.2 Å². The molecule has 1 nitrogen and oxygen atoms in total. The summed E-state index contributed by atoms with van der Waals surface area (Å²) in [7, 11) is 1.70. The second-order valence-electron chi connectivity index (χ2n) is 1.41. The molecule has 0 rings (SSSR count). The highest BCUT2D eigenvalue weighted by molar-refractivity contribution is 14.2. The van der Waals surface area contributed by atoms with E-state index in [0.717, 1.165) is 12.3 Å². The molecular weight excluding hydrogens is 245 g/mol. The monoisotopic (exact) mass is 255 g/mol. The Hall–Kier alpha value is 0.490. The SMILES string of the molecule is CC/C=C\C=N/CSI. The smallest absolute Gasteiger partial charge is 0.0942 e. The molecule has 0 amide bonds. The van der Waals surface area contributed by atoms with Crippen LogP contribution in [0.15, 0.2) is 17.1 Å². The highest BCUT2D eigenvalue weighted by Gasteiger charge is 1.69. The minimum absolute atomic E-state index is 0.856. The van der Waals surface area contributed by atoms with Crippen LogP contribution in [0.1, 0.15) is 13.3 Å². The Morgan fingerprint density at radius 1 is 1.67 bits per heavy atom. The molecule has 0 radical (unpaired) electrons. The molecule has 0 aromatic rings.